The maximum Gasteiger partial charge on any atom is 0.191 e. The van der Waals surface area contributed by atoms with Crippen LogP contribution in [0.5, 0.6) is 0 Å². The molecule has 0 unspecified atom stereocenters. The van der Waals surface area contributed by atoms with Crippen LogP contribution < -0.4 is 15.5 Å². The lowest BCUT2D eigenvalue weighted by atomic mass is 10.1. The van der Waals surface area contributed by atoms with Gasteiger partial charge >= 0.3 is 0 Å². The van der Waals surface area contributed by atoms with Gasteiger partial charge in [0.15, 0.2) is 5.96 Å². The monoisotopic (exact) mass is 515 g/mol. The second-order valence-electron chi connectivity index (χ2n) is 7.46. The Kier molecular flexibility index (Phi) is 7.79. The first kappa shape index (κ1) is 22.2. The summed E-state index contributed by atoms with van der Waals surface area (Å²) < 4.78 is 0. The Labute approximate surface area is 195 Å². The molecule has 0 saturated carbocycles. The number of rotatable bonds is 6. The second-order valence-corrected chi connectivity index (χ2v) is 7.46. The normalized spacial score (nSPS) is 13.5. The number of hydrogen-bond donors (Lipinski definition) is 3. The van der Waals surface area contributed by atoms with Crippen LogP contribution in [-0.2, 0) is 13.0 Å². The molecule has 0 fully saturated rings. The van der Waals surface area contributed by atoms with Crippen LogP contribution >= 0.6 is 24.0 Å². The number of benzene rings is 2. The summed E-state index contributed by atoms with van der Waals surface area (Å²) in [5, 5.41) is 8.14. The van der Waals surface area contributed by atoms with Gasteiger partial charge in [0, 0.05) is 56.0 Å². The molecule has 5 nitrogen and oxygen atoms in total. The van der Waals surface area contributed by atoms with Gasteiger partial charge in [0.25, 0.3) is 0 Å². The van der Waals surface area contributed by atoms with E-state index in [-0.39, 0.29) is 24.0 Å². The Morgan fingerprint density at radius 3 is 2.57 bits per heavy atom. The lowest BCUT2D eigenvalue weighted by Crippen LogP contribution is -2.37. The fraction of sp³-hybridized carbons (Fsp3) is 0.292. The Morgan fingerprint density at radius 2 is 1.83 bits per heavy atom. The van der Waals surface area contributed by atoms with E-state index in [0.29, 0.717) is 0 Å². The molecule has 0 amide bonds. The van der Waals surface area contributed by atoms with Gasteiger partial charge in [-0.2, -0.15) is 0 Å². The van der Waals surface area contributed by atoms with E-state index in [1.165, 1.54) is 33.3 Å². The van der Waals surface area contributed by atoms with E-state index in [1.54, 1.807) is 0 Å². The summed E-state index contributed by atoms with van der Waals surface area (Å²) in [5.41, 5.74) is 6.37. The molecule has 0 atom stereocenters. The number of guanidine groups is 1. The van der Waals surface area contributed by atoms with Gasteiger partial charge in [-0.1, -0.05) is 42.5 Å². The summed E-state index contributed by atoms with van der Waals surface area (Å²) in [6.07, 6.45) is 7.49. The third kappa shape index (κ3) is 5.16. The van der Waals surface area contributed by atoms with Gasteiger partial charge in [-0.15, -0.1) is 24.0 Å². The van der Waals surface area contributed by atoms with Crippen LogP contribution in [-0.4, -0.2) is 37.6 Å². The van der Waals surface area contributed by atoms with Crippen LogP contribution in [0.2, 0.25) is 0 Å². The summed E-state index contributed by atoms with van der Waals surface area (Å²) in [7, 11) is 1.81. The number of aliphatic imine (C=N–C) groups is 1. The van der Waals surface area contributed by atoms with E-state index in [9.17, 15) is 0 Å². The van der Waals surface area contributed by atoms with Crippen LogP contribution in [0.4, 0.5) is 5.69 Å². The third-order valence-corrected chi connectivity index (χ3v) is 5.50. The van der Waals surface area contributed by atoms with Gasteiger partial charge in [0.1, 0.15) is 0 Å². The topological polar surface area (TPSA) is 55.5 Å². The van der Waals surface area contributed by atoms with Crippen molar-refractivity contribution < 1.29 is 0 Å². The van der Waals surface area contributed by atoms with E-state index in [1.807, 2.05) is 7.05 Å². The molecule has 6 heteroatoms. The molecule has 0 radical (unpaired) electrons. The van der Waals surface area contributed by atoms with Gasteiger partial charge in [0.05, 0.1) is 0 Å². The number of aromatic amines is 1. The van der Waals surface area contributed by atoms with Crippen molar-refractivity contribution in [3.8, 4) is 0 Å². The minimum atomic E-state index is 0. The zero-order chi connectivity index (χ0) is 20.1. The smallest absolute Gasteiger partial charge is 0.191 e. The first-order valence-corrected chi connectivity index (χ1v) is 10.2. The van der Waals surface area contributed by atoms with E-state index < -0.39 is 0 Å². The van der Waals surface area contributed by atoms with Crippen molar-refractivity contribution in [3.05, 3.63) is 77.5 Å². The van der Waals surface area contributed by atoms with Gasteiger partial charge in [-0.05, 0) is 42.2 Å². The molecule has 0 spiro atoms. The standard InChI is InChI=1S/C24H29N5.HI/c1-18-6-5-7-22-20(17-27-23(18)22)12-13-26-24(25-2)28-16-19-8-10-21(11-9-19)29-14-3-4-15-29;/h3-11,17,27H,12-16H2,1-2H3,(H2,25,26,28);1H. The molecule has 1 aliphatic rings. The highest BCUT2D eigenvalue weighted by molar-refractivity contribution is 14.0. The Balaban J connectivity index is 0.00000256. The Hall–Kier alpha value is -2.48. The number of nitrogens with zero attached hydrogens (tertiary/aromatic N) is 2. The molecular weight excluding hydrogens is 485 g/mol. The number of aryl methyl sites for hydroxylation is 1. The van der Waals surface area contributed by atoms with Crippen LogP contribution in [0.3, 0.4) is 0 Å². The number of aromatic nitrogens is 1. The highest BCUT2D eigenvalue weighted by atomic mass is 127. The van der Waals surface area contributed by atoms with Gasteiger partial charge < -0.3 is 20.5 Å². The number of hydrogen-bond acceptors (Lipinski definition) is 2. The van der Waals surface area contributed by atoms with Crippen molar-refractivity contribution >= 4 is 46.5 Å². The fourth-order valence-electron chi connectivity index (χ4n) is 3.81. The summed E-state index contributed by atoms with van der Waals surface area (Å²) in [4.78, 5) is 10.1. The van der Waals surface area contributed by atoms with E-state index in [2.05, 4.69) is 93.2 Å². The first-order valence-electron chi connectivity index (χ1n) is 10.2. The number of halogens is 1. The largest absolute Gasteiger partial charge is 0.364 e. The highest BCUT2D eigenvalue weighted by Crippen LogP contribution is 2.21. The van der Waals surface area contributed by atoms with Gasteiger partial charge in [0.2, 0.25) is 0 Å². The predicted octanol–water partition coefficient (Wildman–Crippen LogP) is 4.38. The molecule has 3 aromatic rings. The number of H-pyrrole nitrogens is 1. The number of anilines is 1. The second kappa shape index (κ2) is 10.5. The minimum Gasteiger partial charge on any atom is -0.364 e. The van der Waals surface area contributed by atoms with Crippen molar-refractivity contribution in [2.75, 3.05) is 31.6 Å². The lowest BCUT2D eigenvalue weighted by molar-refractivity contribution is 0.796. The molecule has 0 aliphatic carbocycles. The van der Waals surface area contributed by atoms with Crippen molar-refractivity contribution in [1.29, 1.82) is 0 Å². The first-order chi connectivity index (χ1) is 14.2. The SMILES string of the molecule is CN=C(NCCc1c[nH]c2c(C)cccc12)NCc1ccc(N2CC=CC2)cc1.I. The van der Waals surface area contributed by atoms with Crippen molar-refractivity contribution in [2.24, 2.45) is 4.99 Å². The zero-order valence-electron chi connectivity index (χ0n) is 17.6. The molecule has 2 heterocycles. The summed E-state index contributed by atoms with van der Waals surface area (Å²) in [6.45, 7) is 5.74. The number of nitrogens with one attached hydrogen (secondary N) is 3. The van der Waals surface area contributed by atoms with Crippen molar-refractivity contribution in [1.82, 2.24) is 15.6 Å². The quantitative estimate of drug-likeness (QED) is 0.198. The lowest BCUT2D eigenvalue weighted by Gasteiger charge is -2.18. The maximum absolute atomic E-state index is 4.35. The molecule has 3 N–H and O–H groups in total. The number of fused-ring (bicyclic) bond motifs is 1. The Morgan fingerprint density at radius 1 is 1.07 bits per heavy atom. The molecule has 0 saturated heterocycles. The predicted molar refractivity (Wildman–Crippen MR) is 138 cm³/mol. The van der Waals surface area contributed by atoms with E-state index >= 15 is 0 Å². The molecular formula is C24H30IN5. The van der Waals surface area contributed by atoms with Crippen LogP contribution in [0.15, 0.2) is 65.8 Å². The van der Waals surface area contributed by atoms with E-state index in [0.717, 1.165) is 38.6 Å². The highest BCUT2D eigenvalue weighted by Gasteiger charge is 2.08. The average Bonchev–Trinajstić information content (AvgIpc) is 3.42. The summed E-state index contributed by atoms with van der Waals surface area (Å²) in [6, 6.07) is 15.2. The fourth-order valence-corrected chi connectivity index (χ4v) is 3.81. The minimum absolute atomic E-state index is 0. The molecule has 158 valence electrons. The Bertz CT molecular complexity index is 1010. The summed E-state index contributed by atoms with van der Waals surface area (Å²) >= 11 is 0. The van der Waals surface area contributed by atoms with Gasteiger partial charge in [-0.25, -0.2) is 0 Å². The van der Waals surface area contributed by atoms with Crippen molar-refractivity contribution in [2.45, 2.75) is 19.9 Å². The third-order valence-electron chi connectivity index (χ3n) is 5.50. The van der Waals surface area contributed by atoms with E-state index in [4.69, 9.17) is 0 Å². The molecule has 0 bridgehead atoms. The van der Waals surface area contributed by atoms with Gasteiger partial charge in [-0.3, -0.25) is 4.99 Å². The molecule has 1 aromatic heterocycles. The molecule has 2 aromatic carbocycles. The molecule has 30 heavy (non-hydrogen) atoms. The van der Waals surface area contributed by atoms with Crippen LogP contribution in [0, 0.1) is 6.92 Å². The van der Waals surface area contributed by atoms with Crippen LogP contribution in [0.1, 0.15) is 16.7 Å². The number of para-hydroxylation sites is 1. The van der Waals surface area contributed by atoms with Crippen molar-refractivity contribution in [3.63, 3.8) is 0 Å². The zero-order valence-corrected chi connectivity index (χ0v) is 19.9. The summed E-state index contributed by atoms with van der Waals surface area (Å²) in [5.74, 6) is 0.828. The molecule has 1 aliphatic heterocycles. The molecule has 4 rings (SSSR count). The average molecular weight is 515 g/mol. The maximum atomic E-state index is 4.35. The van der Waals surface area contributed by atoms with Crippen LogP contribution in [0.25, 0.3) is 10.9 Å².